The maximum absolute atomic E-state index is 12.3. The third-order valence-electron chi connectivity index (χ3n) is 5.72. The lowest BCUT2D eigenvalue weighted by molar-refractivity contribution is -0.133. The van der Waals surface area contributed by atoms with Crippen LogP contribution in [0, 0.1) is 11.8 Å². The molecule has 0 aromatic heterocycles. The van der Waals surface area contributed by atoms with E-state index in [0.29, 0.717) is 5.56 Å². The summed E-state index contributed by atoms with van der Waals surface area (Å²) in [4.78, 5) is 26.4. The molecule has 3 rings (SSSR count). The van der Waals surface area contributed by atoms with Gasteiger partial charge in [-0.2, -0.15) is 0 Å². The minimum atomic E-state index is -1.26. The number of carbonyl (C=O) groups is 2. The molecule has 33 heavy (non-hydrogen) atoms. The molecule has 2 atom stereocenters. The first-order valence-electron chi connectivity index (χ1n) is 11.3. The van der Waals surface area contributed by atoms with Crippen LogP contribution in [-0.2, 0) is 11.3 Å². The van der Waals surface area contributed by atoms with Gasteiger partial charge in [0.05, 0.1) is 6.10 Å². The summed E-state index contributed by atoms with van der Waals surface area (Å²) in [5, 5.41) is 20.8. The quantitative estimate of drug-likeness (QED) is 0.308. The zero-order chi connectivity index (χ0) is 23.6. The highest BCUT2D eigenvalue weighted by Gasteiger charge is 2.25. The van der Waals surface area contributed by atoms with Crippen LogP contribution in [0.5, 0.6) is 0 Å². The molecule has 174 valence electrons. The molecule has 1 aliphatic heterocycles. The molecule has 1 fully saturated rings. The summed E-state index contributed by atoms with van der Waals surface area (Å²) in [5.74, 6) is 4.81. The minimum Gasteiger partial charge on any atom is -0.391 e. The summed E-state index contributed by atoms with van der Waals surface area (Å²) in [6.45, 7) is 4.67. The van der Waals surface area contributed by atoms with Gasteiger partial charge in [0.1, 0.15) is 6.04 Å². The van der Waals surface area contributed by atoms with Crippen LogP contribution in [0.2, 0.25) is 0 Å². The van der Waals surface area contributed by atoms with Gasteiger partial charge in [-0.05, 0) is 74.8 Å². The molecule has 2 amide bonds. The first-order valence-corrected chi connectivity index (χ1v) is 11.3. The minimum absolute atomic E-state index is 0.315. The van der Waals surface area contributed by atoms with Crippen LogP contribution >= 0.6 is 0 Å². The summed E-state index contributed by atoms with van der Waals surface area (Å²) < 4.78 is 0. The molecule has 0 bridgehead atoms. The maximum Gasteiger partial charge on any atom is 0.268 e. The molecule has 7 nitrogen and oxygen atoms in total. The van der Waals surface area contributed by atoms with E-state index in [0.717, 1.165) is 17.7 Å². The monoisotopic (exact) mass is 449 g/mol. The van der Waals surface area contributed by atoms with E-state index in [-0.39, 0.29) is 0 Å². The van der Waals surface area contributed by atoms with Gasteiger partial charge in [-0.15, -0.1) is 0 Å². The predicted octanol–water partition coefficient (Wildman–Crippen LogP) is 2.45. The highest BCUT2D eigenvalue weighted by atomic mass is 16.5. The first kappa shape index (κ1) is 24.5. The van der Waals surface area contributed by atoms with Crippen LogP contribution in [0.25, 0.3) is 0 Å². The van der Waals surface area contributed by atoms with E-state index in [1.165, 1.54) is 56.7 Å². The predicted molar refractivity (Wildman–Crippen MR) is 125 cm³/mol. The van der Waals surface area contributed by atoms with E-state index in [9.17, 15) is 14.7 Å². The Bertz CT molecular complexity index is 983. The molecule has 1 heterocycles. The number of nitrogens with one attached hydrogen (secondary N) is 2. The summed E-state index contributed by atoms with van der Waals surface area (Å²) in [5.41, 5.74) is 4.72. The van der Waals surface area contributed by atoms with E-state index in [4.69, 9.17) is 5.21 Å². The number of carbonyl (C=O) groups excluding carboxylic acids is 2. The fourth-order valence-electron chi connectivity index (χ4n) is 3.79. The molecule has 7 heteroatoms. The second-order valence-electron chi connectivity index (χ2n) is 8.38. The van der Waals surface area contributed by atoms with Crippen LogP contribution in [-0.4, -0.2) is 52.3 Å². The average molecular weight is 450 g/mol. The molecule has 2 aromatic carbocycles. The van der Waals surface area contributed by atoms with Crippen molar-refractivity contribution in [3.63, 3.8) is 0 Å². The highest BCUT2D eigenvalue weighted by molar-refractivity contribution is 5.97. The zero-order valence-corrected chi connectivity index (χ0v) is 18.9. The number of hydrogen-bond acceptors (Lipinski definition) is 5. The Morgan fingerprint density at radius 1 is 0.939 bits per heavy atom. The molecule has 0 saturated carbocycles. The van der Waals surface area contributed by atoms with Crippen molar-refractivity contribution < 1.29 is 19.9 Å². The van der Waals surface area contributed by atoms with Gasteiger partial charge in [0.25, 0.3) is 11.8 Å². The number of nitrogens with zero attached hydrogens (tertiary/aromatic N) is 1. The fraction of sp³-hybridized carbons (Fsp3) is 0.385. The van der Waals surface area contributed by atoms with E-state index < -0.39 is 24.0 Å². The number of benzene rings is 2. The second-order valence-corrected chi connectivity index (χ2v) is 8.38. The molecule has 0 spiro atoms. The van der Waals surface area contributed by atoms with E-state index in [1.807, 2.05) is 12.1 Å². The molecule has 0 radical (unpaired) electrons. The number of aliphatic hydroxyl groups excluding tert-OH is 1. The largest absolute Gasteiger partial charge is 0.391 e. The van der Waals surface area contributed by atoms with Crippen molar-refractivity contribution in [1.29, 1.82) is 0 Å². The van der Waals surface area contributed by atoms with Crippen molar-refractivity contribution in [2.45, 2.75) is 51.3 Å². The van der Waals surface area contributed by atoms with Gasteiger partial charge in [0, 0.05) is 23.2 Å². The Labute approximate surface area is 194 Å². The van der Waals surface area contributed by atoms with Crippen LogP contribution in [0.3, 0.4) is 0 Å². The molecular weight excluding hydrogens is 418 g/mol. The number of hydroxylamine groups is 1. The molecule has 2 unspecified atom stereocenters. The van der Waals surface area contributed by atoms with Gasteiger partial charge in [-0.1, -0.05) is 36.8 Å². The van der Waals surface area contributed by atoms with Gasteiger partial charge < -0.3 is 10.4 Å². The number of likely N-dealkylation sites (tertiary alicyclic amines) is 1. The zero-order valence-electron chi connectivity index (χ0n) is 18.9. The number of rotatable bonds is 6. The maximum atomic E-state index is 12.3. The fourth-order valence-corrected chi connectivity index (χ4v) is 3.79. The van der Waals surface area contributed by atoms with Crippen molar-refractivity contribution in [2.75, 3.05) is 13.1 Å². The molecule has 2 aromatic rings. The van der Waals surface area contributed by atoms with Gasteiger partial charge in [0.15, 0.2) is 0 Å². The van der Waals surface area contributed by atoms with Gasteiger partial charge in [0.2, 0.25) is 0 Å². The second kappa shape index (κ2) is 12.2. The van der Waals surface area contributed by atoms with Crippen LogP contribution in [0.15, 0.2) is 48.5 Å². The standard InChI is InChI=1S/C26H31N3O4/c1-19(30)24(26(32)28-33)27-25(31)23-14-12-21(13-15-23)7-6-20-8-10-22(11-9-20)18-29-16-4-2-3-5-17-29/h8-15,19,24,30,33H,2-5,16-18H2,1H3,(H,27,31)(H,28,32). The van der Waals surface area contributed by atoms with Crippen molar-refractivity contribution >= 4 is 11.8 Å². The first-order chi connectivity index (χ1) is 16.0. The van der Waals surface area contributed by atoms with Crippen LogP contribution in [0.4, 0.5) is 0 Å². The Hall–Kier alpha value is -3.18. The number of hydrogen-bond donors (Lipinski definition) is 4. The molecule has 0 aliphatic carbocycles. The van der Waals surface area contributed by atoms with E-state index in [1.54, 1.807) is 24.3 Å². The van der Waals surface area contributed by atoms with E-state index >= 15 is 0 Å². The Morgan fingerprint density at radius 3 is 2.00 bits per heavy atom. The topological polar surface area (TPSA) is 102 Å². The van der Waals surface area contributed by atoms with Crippen LogP contribution in [0.1, 0.15) is 59.7 Å². The highest BCUT2D eigenvalue weighted by Crippen LogP contribution is 2.14. The number of amides is 2. The van der Waals surface area contributed by atoms with Crippen molar-refractivity contribution in [3.8, 4) is 11.8 Å². The molecule has 4 N–H and O–H groups in total. The lowest BCUT2D eigenvalue weighted by Crippen LogP contribution is -2.51. The lowest BCUT2D eigenvalue weighted by Gasteiger charge is -2.19. The van der Waals surface area contributed by atoms with Gasteiger partial charge in [-0.25, -0.2) is 5.48 Å². The summed E-state index contributed by atoms with van der Waals surface area (Å²) in [7, 11) is 0. The summed E-state index contributed by atoms with van der Waals surface area (Å²) in [6.07, 6.45) is 4.06. The Morgan fingerprint density at radius 2 is 1.48 bits per heavy atom. The average Bonchev–Trinajstić information content (AvgIpc) is 3.10. The van der Waals surface area contributed by atoms with Crippen LogP contribution < -0.4 is 10.8 Å². The molecular formula is C26H31N3O4. The molecule has 1 aliphatic rings. The Kier molecular flexibility index (Phi) is 9.02. The summed E-state index contributed by atoms with van der Waals surface area (Å²) in [6, 6.07) is 13.7. The lowest BCUT2D eigenvalue weighted by atomic mass is 10.1. The Balaban J connectivity index is 1.58. The van der Waals surface area contributed by atoms with Gasteiger partial charge in [-0.3, -0.25) is 19.7 Å². The SMILES string of the molecule is CC(O)C(NC(=O)c1ccc(C#Cc2ccc(CN3CCCCCC3)cc2)cc1)C(=O)NO. The smallest absolute Gasteiger partial charge is 0.268 e. The van der Waals surface area contributed by atoms with Gasteiger partial charge >= 0.3 is 0 Å². The van der Waals surface area contributed by atoms with Crippen molar-refractivity contribution in [1.82, 2.24) is 15.7 Å². The third-order valence-corrected chi connectivity index (χ3v) is 5.72. The third kappa shape index (κ3) is 7.43. The number of aliphatic hydroxyl groups is 1. The normalized spacial score (nSPS) is 16.0. The van der Waals surface area contributed by atoms with E-state index in [2.05, 4.69) is 34.2 Å². The molecule has 1 saturated heterocycles. The van der Waals surface area contributed by atoms with Crippen molar-refractivity contribution in [3.05, 3.63) is 70.8 Å². The summed E-state index contributed by atoms with van der Waals surface area (Å²) >= 11 is 0. The van der Waals surface area contributed by atoms with Crippen molar-refractivity contribution in [2.24, 2.45) is 0 Å².